The van der Waals surface area contributed by atoms with Gasteiger partial charge in [0.25, 0.3) is 0 Å². The van der Waals surface area contributed by atoms with Crippen molar-refractivity contribution in [1.82, 2.24) is 5.32 Å². The van der Waals surface area contributed by atoms with E-state index < -0.39 is 5.97 Å². The Balaban J connectivity index is 1.80. The number of carboxylic acids is 1. The van der Waals surface area contributed by atoms with Crippen LogP contribution in [0.1, 0.15) is 41.2 Å². The molecule has 3 nitrogen and oxygen atoms in total. The fourth-order valence-corrected chi connectivity index (χ4v) is 2.96. The highest BCUT2D eigenvalue weighted by atomic mass is 32.1. The van der Waals surface area contributed by atoms with Crippen LogP contribution in [0.3, 0.4) is 0 Å². The summed E-state index contributed by atoms with van der Waals surface area (Å²) in [4.78, 5) is 12.3. The molecule has 1 aromatic rings. The number of carbonyl (C=O) groups is 1. The maximum atomic E-state index is 10.7. The van der Waals surface area contributed by atoms with Gasteiger partial charge in [0, 0.05) is 18.0 Å². The molecule has 0 atom stereocenters. The van der Waals surface area contributed by atoms with Crippen LogP contribution in [0, 0.1) is 11.3 Å². The topological polar surface area (TPSA) is 49.3 Å². The normalized spacial score (nSPS) is 17.4. The van der Waals surface area contributed by atoms with E-state index in [0.717, 1.165) is 23.9 Å². The Kier molecular flexibility index (Phi) is 3.54. The van der Waals surface area contributed by atoms with E-state index in [1.165, 1.54) is 24.2 Å². The number of thiophene rings is 1. The zero-order valence-electron chi connectivity index (χ0n) is 10.3. The highest BCUT2D eigenvalue weighted by Gasteiger charge is 2.44. The summed E-state index contributed by atoms with van der Waals surface area (Å²) in [7, 11) is 0. The highest BCUT2D eigenvalue weighted by molar-refractivity contribution is 7.13. The van der Waals surface area contributed by atoms with E-state index in [1.54, 1.807) is 6.07 Å². The van der Waals surface area contributed by atoms with Gasteiger partial charge in [-0.05, 0) is 36.3 Å². The second-order valence-electron chi connectivity index (χ2n) is 5.19. The first-order chi connectivity index (χ1) is 8.03. The van der Waals surface area contributed by atoms with Crippen molar-refractivity contribution < 1.29 is 9.90 Å². The predicted molar refractivity (Wildman–Crippen MR) is 69.5 cm³/mol. The highest BCUT2D eigenvalue weighted by Crippen LogP contribution is 2.51. The molecular weight excluding hydrogens is 234 g/mol. The SMILES string of the molecule is CC(C)C1(CNCc2ccc(C(=O)O)s2)CC1. The first kappa shape index (κ1) is 12.6. The minimum atomic E-state index is -0.831. The predicted octanol–water partition coefficient (Wildman–Crippen LogP) is 2.97. The summed E-state index contributed by atoms with van der Waals surface area (Å²) in [5.74, 6) is -0.102. The van der Waals surface area contributed by atoms with Crippen LogP contribution in [-0.4, -0.2) is 17.6 Å². The quantitative estimate of drug-likeness (QED) is 0.819. The molecule has 1 aliphatic carbocycles. The zero-order valence-corrected chi connectivity index (χ0v) is 11.1. The van der Waals surface area contributed by atoms with Gasteiger partial charge in [0.05, 0.1) is 0 Å². The summed E-state index contributed by atoms with van der Waals surface area (Å²) >= 11 is 1.36. The van der Waals surface area contributed by atoms with Gasteiger partial charge in [0.1, 0.15) is 4.88 Å². The van der Waals surface area contributed by atoms with Gasteiger partial charge in [-0.15, -0.1) is 11.3 Å². The number of rotatable bonds is 6. The van der Waals surface area contributed by atoms with Crippen molar-refractivity contribution in [3.05, 3.63) is 21.9 Å². The minimum Gasteiger partial charge on any atom is -0.477 e. The van der Waals surface area contributed by atoms with E-state index in [4.69, 9.17) is 5.11 Å². The monoisotopic (exact) mass is 253 g/mol. The molecule has 17 heavy (non-hydrogen) atoms. The third-order valence-electron chi connectivity index (χ3n) is 3.77. The molecule has 1 fully saturated rings. The van der Waals surface area contributed by atoms with Crippen LogP contribution in [0.25, 0.3) is 0 Å². The van der Waals surface area contributed by atoms with Crippen molar-refractivity contribution in [2.75, 3.05) is 6.54 Å². The molecule has 0 saturated heterocycles. The van der Waals surface area contributed by atoms with E-state index in [9.17, 15) is 4.79 Å². The third-order valence-corrected chi connectivity index (χ3v) is 4.84. The van der Waals surface area contributed by atoms with Gasteiger partial charge >= 0.3 is 5.97 Å². The maximum absolute atomic E-state index is 10.7. The van der Waals surface area contributed by atoms with Gasteiger partial charge in [-0.25, -0.2) is 4.79 Å². The average Bonchev–Trinajstić information content (AvgIpc) is 2.89. The molecule has 1 heterocycles. The molecule has 0 bridgehead atoms. The lowest BCUT2D eigenvalue weighted by atomic mass is 9.92. The first-order valence-corrected chi connectivity index (χ1v) is 6.88. The Morgan fingerprint density at radius 1 is 1.53 bits per heavy atom. The molecule has 0 aliphatic heterocycles. The van der Waals surface area contributed by atoms with Crippen molar-refractivity contribution in [2.24, 2.45) is 11.3 Å². The van der Waals surface area contributed by atoms with Crippen LogP contribution in [0.5, 0.6) is 0 Å². The molecule has 0 aromatic carbocycles. The molecule has 2 N–H and O–H groups in total. The second kappa shape index (κ2) is 4.78. The molecular formula is C13H19NO2S. The molecule has 94 valence electrons. The molecule has 2 rings (SSSR count). The molecule has 1 aromatic heterocycles. The fraction of sp³-hybridized carbons (Fsp3) is 0.615. The van der Waals surface area contributed by atoms with Gasteiger partial charge in [-0.3, -0.25) is 0 Å². The Morgan fingerprint density at radius 2 is 2.24 bits per heavy atom. The van der Waals surface area contributed by atoms with E-state index in [0.29, 0.717) is 10.3 Å². The van der Waals surface area contributed by atoms with Crippen LogP contribution in [0.2, 0.25) is 0 Å². The molecule has 1 aliphatic rings. The molecule has 1 saturated carbocycles. The van der Waals surface area contributed by atoms with Gasteiger partial charge in [0.2, 0.25) is 0 Å². The summed E-state index contributed by atoms with van der Waals surface area (Å²) in [5.41, 5.74) is 0.507. The lowest BCUT2D eigenvalue weighted by Gasteiger charge is -2.19. The molecule has 0 radical (unpaired) electrons. The summed E-state index contributed by atoms with van der Waals surface area (Å²) in [6.45, 7) is 6.39. The van der Waals surface area contributed by atoms with Crippen molar-refractivity contribution in [3.63, 3.8) is 0 Å². The number of carboxylic acid groups (broad SMARTS) is 1. The summed E-state index contributed by atoms with van der Waals surface area (Å²) < 4.78 is 0. The largest absolute Gasteiger partial charge is 0.477 e. The van der Waals surface area contributed by atoms with Crippen LogP contribution < -0.4 is 5.32 Å². The number of hydrogen-bond donors (Lipinski definition) is 2. The third kappa shape index (κ3) is 2.87. The van der Waals surface area contributed by atoms with Crippen molar-refractivity contribution in [2.45, 2.75) is 33.2 Å². The lowest BCUT2D eigenvalue weighted by molar-refractivity contribution is 0.0702. The zero-order chi connectivity index (χ0) is 12.5. The van der Waals surface area contributed by atoms with Crippen LogP contribution >= 0.6 is 11.3 Å². The van der Waals surface area contributed by atoms with Gasteiger partial charge in [-0.2, -0.15) is 0 Å². The van der Waals surface area contributed by atoms with Gasteiger partial charge in [-0.1, -0.05) is 13.8 Å². The standard InChI is InChI=1S/C13H19NO2S/c1-9(2)13(5-6-13)8-14-7-10-3-4-11(17-10)12(15)16/h3-4,9,14H,5-8H2,1-2H3,(H,15,16). The second-order valence-corrected chi connectivity index (χ2v) is 6.36. The lowest BCUT2D eigenvalue weighted by Crippen LogP contribution is -2.26. The van der Waals surface area contributed by atoms with E-state index >= 15 is 0 Å². The first-order valence-electron chi connectivity index (χ1n) is 6.06. The van der Waals surface area contributed by atoms with Crippen LogP contribution in [-0.2, 0) is 6.54 Å². The fourth-order valence-electron chi connectivity index (χ4n) is 2.14. The molecule has 0 amide bonds. The smallest absolute Gasteiger partial charge is 0.345 e. The van der Waals surface area contributed by atoms with E-state index in [-0.39, 0.29) is 0 Å². The van der Waals surface area contributed by atoms with Crippen molar-refractivity contribution in [3.8, 4) is 0 Å². The summed E-state index contributed by atoms with van der Waals surface area (Å²) in [6, 6.07) is 3.58. The van der Waals surface area contributed by atoms with Crippen molar-refractivity contribution >= 4 is 17.3 Å². The number of nitrogens with one attached hydrogen (secondary N) is 1. The molecule has 0 spiro atoms. The van der Waals surface area contributed by atoms with E-state index in [1.807, 2.05) is 6.07 Å². The summed E-state index contributed by atoms with van der Waals surface area (Å²) in [5, 5.41) is 12.3. The summed E-state index contributed by atoms with van der Waals surface area (Å²) in [6.07, 6.45) is 2.64. The van der Waals surface area contributed by atoms with Crippen LogP contribution in [0.4, 0.5) is 0 Å². The van der Waals surface area contributed by atoms with E-state index in [2.05, 4.69) is 19.2 Å². The Labute approximate surface area is 106 Å². The Hall–Kier alpha value is -0.870. The average molecular weight is 253 g/mol. The van der Waals surface area contributed by atoms with Gasteiger partial charge < -0.3 is 10.4 Å². The molecule has 4 heteroatoms. The number of aromatic carboxylic acids is 1. The van der Waals surface area contributed by atoms with Crippen LogP contribution in [0.15, 0.2) is 12.1 Å². The number of hydrogen-bond acceptors (Lipinski definition) is 3. The Bertz CT molecular complexity index is 407. The van der Waals surface area contributed by atoms with Crippen molar-refractivity contribution in [1.29, 1.82) is 0 Å². The maximum Gasteiger partial charge on any atom is 0.345 e. The Morgan fingerprint density at radius 3 is 2.71 bits per heavy atom. The minimum absolute atomic E-state index is 0.423. The molecule has 0 unspecified atom stereocenters. The van der Waals surface area contributed by atoms with Gasteiger partial charge in [0.15, 0.2) is 0 Å².